The van der Waals surface area contributed by atoms with Crippen LogP contribution < -0.4 is 5.48 Å². The lowest BCUT2D eigenvalue weighted by Crippen LogP contribution is -1.98. The molecule has 0 bridgehead atoms. The van der Waals surface area contributed by atoms with Crippen molar-refractivity contribution >= 4 is 23.4 Å². The van der Waals surface area contributed by atoms with Gasteiger partial charge in [-0.25, -0.2) is 0 Å². The Morgan fingerprint density at radius 2 is 1.83 bits per heavy atom. The number of hydrogen-bond acceptors (Lipinski definition) is 7. The largest absolute Gasteiger partial charge is 0.481 e. The number of nitrogens with zero attached hydrogens (tertiary/aromatic N) is 3. The minimum absolute atomic E-state index is 0.0895. The molecule has 10 heteroatoms. The van der Waals surface area contributed by atoms with Crippen molar-refractivity contribution in [3.05, 3.63) is 54.7 Å². The van der Waals surface area contributed by atoms with Crippen LogP contribution in [-0.2, 0) is 9.63 Å². The van der Waals surface area contributed by atoms with Crippen molar-refractivity contribution < 1.29 is 14.7 Å². The first-order valence-electron chi connectivity index (χ1n) is 8.94. The van der Waals surface area contributed by atoms with E-state index in [1.807, 2.05) is 48.5 Å². The van der Waals surface area contributed by atoms with Crippen LogP contribution >= 0.6 is 11.8 Å². The summed E-state index contributed by atoms with van der Waals surface area (Å²) in [6.45, 7) is 0. The normalized spacial score (nSPS) is 10.8. The zero-order chi connectivity index (χ0) is 20.9. The molecule has 4 aromatic rings. The number of aliphatic carboxylic acids is 1. The minimum atomic E-state index is -0.912. The molecule has 152 valence electrons. The first-order valence-corrected chi connectivity index (χ1v) is 9.93. The molecule has 0 amide bonds. The number of carboxylic acids is 1. The molecule has 0 fully saturated rings. The lowest BCUT2D eigenvalue weighted by Gasteiger charge is -2.10. The fraction of sp³-hybridized carbons (Fsp3) is 0.100. The molecule has 0 atom stereocenters. The zero-order valence-electron chi connectivity index (χ0n) is 15.9. The Kier molecular flexibility index (Phi) is 5.77. The Labute approximate surface area is 175 Å². The molecule has 0 saturated heterocycles. The third-order valence-electron chi connectivity index (χ3n) is 4.25. The van der Waals surface area contributed by atoms with Gasteiger partial charge in [-0.05, 0) is 41.0 Å². The number of carbonyl (C=O) groups is 1. The number of aromatic amines is 2. The highest BCUT2D eigenvalue weighted by Gasteiger charge is 2.11. The lowest BCUT2D eigenvalue weighted by molar-refractivity contribution is -0.133. The van der Waals surface area contributed by atoms with Crippen LogP contribution in [0.1, 0.15) is 0 Å². The molecule has 2 heterocycles. The summed E-state index contributed by atoms with van der Waals surface area (Å²) in [4.78, 5) is 18.9. The van der Waals surface area contributed by atoms with Gasteiger partial charge in [-0.3, -0.25) is 20.2 Å². The monoisotopic (exact) mass is 422 g/mol. The van der Waals surface area contributed by atoms with Crippen LogP contribution in [0.5, 0.6) is 0 Å². The summed E-state index contributed by atoms with van der Waals surface area (Å²) in [6.07, 6.45) is 1.72. The van der Waals surface area contributed by atoms with E-state index in [2.05, 4.69) is 30.9 Å². The van der Waals surface area contributed by atoms with Gasteiger partial charge in [-0.15, -0.1) is 10.2 Å². The summed E-state index contributed by atoms with van der Waals surface area (Å²) in [6, 6.07) is 15.8. The molecule has 9 nitrogen and oxygen atoms in total. The van der Waals surface area contributed by atoms with Gasteiger partial charge in [0.1, 0.15) is 0 Å². The van der Waals surface area contributed by atoms with E-state index >= 15 is 0 Å². The number of rotatable bonds is 8. The smallest absolute Gasteiger partial charge is 0.313 e. The van der Waals surface area contributed by atoms with Crippen molar-refractivity contribution in [3.8, 4) is 33.8 Å². The maximum atomic E-state index is 10.8. The second kappa shape index (κ2) is 8.80. The molecule has 0 radical (unpaired) electrons. The van der Waals surface area contributed by atoms with Crippen LogP contribution in [0.4, 0.5) is 5.69 Å². The van der Waals surface area contributed by atoms with Crippen LogP contribution in [-0.4, -0.2) is 49.3 Å². The average Bonchev–Trinajstić information content (AvgIpc) is 3.45. The molecule has 4 N–H and O–H groups in total. The predicted octanol–water partition coefficient (Wildman–Crippen LogP) is 3.68. The number of anilines is 1. The molecule has 0 aliphatic heterocycles. The van der Waals surface area contributed by atoms with Crippen molar-refractivity contribution in [3.63, 3.8) is 0 Å². The molecule has 30 heavy (non-hydrogen) atoms. The lowest BCUT2D eigenvalue weighted by atomic mass is 10.00. The van der Waals surface area contributed by atoms with Gasteiger partial charge < -0.3 is 10.1 Å². The standard InChI is InChI=1S/C20H18N6O3S/c1-29-26-16-9-14(12-2-4-13(5-3-12)17-6-7-21-23-17)8-15(10-16)19-22-20(25-24-19)30-11-18(27)28/h2-10,26H,11H2,1H3,(H,21,23)(H,27,28)(H,22,24,25). The fourth-order valence-corrected chi connectivity index (χ4v) is 3.47. The van der Waals surface area contributed by atoms with E-state index in [0.29, 0.717) is 11.0 Å². The Hall–Kier alpha value is -3.63. The van der Waals surface area contributed by atoms with Crippen molar-refractivity contribution in [2.45, 2.75) is 5.16 Å². The summed E-state index contributed by atoms with van der Waals surface area (Å²) in [7, 11) is 1.54. The van der Waals surface area contributed by atoms with E-state index in [1.165, 1.54) is 0 Å². The summed E-state index contributed by atoms with van der Waals surface area (Å²) < 4.78 is 0. The number of aromatic nitrogens is 5. The molecule has 0 unspecified atom stereocenters. The summed E-state index contributed by atoms with van der Waals surface area (Å²) >= 11 is 1.08. The van der Waals surface area contributed by atoms with Crippen LogP contribution in [0, 0.1) is 0 Å². The van der Waals surface area contributed by atoms with Gasteiger partial charge in [-0.1, -0.05) is 36.0 Å². The van der Waals surface area contributed by atoms with Gasteiger partial charge >= 0.3 is 5.97 Å². The maximum absolute atomic E-state index is 10.8. The number of hydrogen-bond donors (Lipinski definition) is 4. The third kappa shape index (κ3) is 4.50. The summed E-state index contributed by atoms with van der Waals surface area (Å²) in [5.74, 6) is -0.462. The van der Waals surface area contributed by atoms with Gasteiger partial charge in [0, 0.05) is 11.8 Å². The van der Waals surface area contributed by atoms with Gasteiger partial charge in [0.05, 0.1) is 24.2 Å². The van der Waals surface area contributed by atoms with Gasteiger partial charge in [0.15, 0.2) is 11.0 Å². The first-order chi connectivity index (χ1) is 14.6. The van der Waals surface area contributed by atoms with Crippen LogP contribution in [0.15, 0.2) is 59.9 Å². The van der Waals surface area contributed by atoms with Gasteiger partial charge in [0.25, 0.3) is 0 Å². The molecule has 0 aliphatic carbocycles. The second-order valence-corrected chi connectivity index (χ2v) is 7.28. The highest BCUT2D eigenvalue weighted by atomic mass is 32.2. The van der Waals surface area contributed by atoms with E-state index in [9.17, 15) is 4.79 Å². The van der Waals surface area contributed by atoms with E-state index in [4.69, 9.17) is 9.94 Å². The molecular weight excluding hydrogens is 404 g/mol. The number of H-pyrrole nitrogens is 2. The summed E-state index contributed by atoms with van der Waals surface area (Å²) in [5.41, 5.74) is 8.35. The van der Waals surface area contributed by atoms with Crippen molar-refractivity contribution in [1.29, 1.82) is 0 Å². The van der Waals surface area contributed by atoms with Crippen molar-refractivity contribution in [2.24, 2.45) is 0 Å². The van der Waals surface area contributed by atoms with Gasteiger partial charge in [-0.2, -0.15) is 5.10 Å². The van der Waals surface area contributed by atoms with E-state index in [-0.39, 0.29) is 5.75 Å². The highest BCUT2D eigenvalue weighted by molar-refractivity contribution is 7.99. The molecule has 2 aromatic heterocycles. The molecule has 0 saturated carbocycles. The number of carboxylic acid groups (broad SMARTS) is 1. The van der Waals surface area contributed by atoms with E-state index in [0.717, 1.165) is 45.4 Å². The van der Waals surface area contributed by atoms with E-state index < -0.39 is 5.97 Å². The maximum Gasteiger partial charge on any atom is 0.313 e. The molecule has 4 rings (SSSR count). The first kappa shape index (κ1) is 19.7. The Morgan fingerprint density at radius 3 is 2.53 bits per heavy atom. The van der Waals surface area contributed by atoms with E-state index in [1.54, 1.807) is 13.3 Å². The van der Waals surface area contributed by atoms with Gasteiger partial charge in [0.2, 0.25) is 0 Å². The van der Waals surface area contributed by atoms with Crippen LogP contribution in [0.25, 0.3) is 33.8 Å². The quantitative estimate of drug-likeness (QED) is 0.250. The third-order valence-corrected chi connectivity index (χ3v) is 5.10. The summed E-state index contributed by atoms with van der Waals surface area (Å²) in [5, 5.41) is 24.4. The van der Waals surface area contributed by atoms with Crippen molar-refractivity contribution in [2.75, 3.05) is 18.3 Å². The SMILES string of the molecule is CONc1cc(-c2ccc(-c3ccn[nH]3)cc2)cc(-c2nnc(SCC(=O)O)[nH]2)c1. The zero-order valence-corrected chi connectivity index (χ0v) is 16.7. The predicted molar refractivity (Wildman–Crippen MR) is 114 cm³/mol. The Morgan fingerprint density at radius 1 is 1.07 bits per heavy atom. The minimum Gasteiger partial charge on any atom is -0.481 e. The van der Waals surface area contributed by atoms with Crippen LogP contribution in [0.2, 0.25) is 0 Å². The Balaban J connectivity index is 1.65. The fourth-order valence-electron chi connectivity index (χ4n) is 2.94. The topological polar surface area (TPSA) is 129 Å². The molecule has 2 aromatic carbocycles. The number of thioether (sulfide) groups is 1. The van der Waals surface area contributed by atoms with Crippen LogP contribution in [0.3, 0.4) is 0 Å². The number of benzene rings is 2. The molecule has 0 spiro atoms. The molecule has 0 aliphatic rings. The second-order valence-electron chi connectivity index (χ2n) is 6.31. The Bertz CT molecular complexity index is 1140. The molecular formula is C20H18N6O3S. The van der Waals surface area contributed by atoms with Crippen molar-refractivity contribution in [1.82, 2.24) is 25.4 Å². The average molecular weight is 422 g/mol. The number of nitrogens with one attached hydrogen (secondary N) is 3. The highest BCUT2D eigenvalue weighted by Crippen LogP contribution is 2.31.